The molecule has 1 aromatic carbocycles. The SMILES string of the molecule is COc1cccc2c1nc(CCl)n2C(C)c1cccs1. The Morgan fingerprint density at radius 1 is 1.35 bits per heavy atom. The molecule has 0 aliphatic carbocycles. The molecule has 3 rings (SSSR count). The van der Waals surface area contributed by atoms with Crippen molar-refractivity contribution < 1.29 is 4.74 Å². The van der Waals surface area contributed by atoms with Crippen molar-refractivity contribution in [1.82, 2.24) is 9.55 Å². The number of methoxy groups -OCH3 is 1. The van der Waals surface area contributed by atoms with Crippen LogP contribution in [0.1, 0.15) is 23.7 Å². The normalized spacial score (nSPS) is 12.8. The topological polar surface area (TPSA) is 27.1 Å². The lowest BCUT2D eigenvalue weighted by Crippen LogP contribution is -2.08. The van der Waals surface area contributed by atoms with E-state index < -0.39 is 0 Å². The summed E-state index contributed by atoms with van der Waals surface area (Å²) in [5.74, 6) is 2.03. The molecule has 0 bridgehead atoms. The van der Waals surface area contributed by atoms with Crippen LogP contribution in [-0.4, -0.2) is 16.7 Å². The third-order valence-electron chi connectivity index (χ3n) is 3.44. The number of hydrogen-bond acceptors (Lipinski definition) is 3. The van der Waals surface area contributed by atoms with Crippen molar-refractivity contribution in [2.75, 3.05) is 7.11 Å². The second-order valence-electron chi connectivity index (χ2n) is 4.55. The van der Waals surface area contributed by atoms with Gasteiger partial charge in [0.2, 0.25) is 0 Å². The van der Waals surface area contributed by atoms with Crippen LogP contribution in [-0.2, 0) is 5.88 Å². The van der Waals surface area contributed by atoms with Crippen LogP contribution in [0, 0.1) is 0 Å². The second kappa shape index (κ2) is 5.46. The van der Waals surface area contributed by atoms with Crippen molar-refractivity contribution in [2.45, 2.75) is 18.8 Å². The molecule has 104 valence electrons. The molecular weight excluding hydrogens is 292 g/mol. The van der Waals surface area contributed by atoms with Gasteiger partial charge in [-0.2, -0.15) is 0 Å². The molecule has 2 heterocycles. The van der Waals surface area contributed by atoms with Gasteiger partial charge >= 0.3 is 0 Å². The fourth-order valence-corrected chi connectivity index (χ4v) is 3.45. The van der Waals surface area contributed by atoms with Crippen molar-refractivity contribution in [3.8, 4) is 5.75 Å². The van der Waals surface area contributed by atoms with Gasteiger partial charge in [-0.1, -0.05) is 12.1 Å². The molecule has 0 N–H and O–H groups in total. The highest BCUT2D eigenvalue weighted by Crippen LogP contribution is 2.32. The summed E-state index contributed by atoms with van der Waals surface area (Å²) >= 11 is 7.83. The van der Waals surface area contributed by atoms with Crippen LogP contribution < -0.4 is 4.74 Å². The van der Waals surface area contributed by atoms with Gasteiger partial charge in [0.15, 0.2) is 0 Å². The molecule has 0 aliphatic heterocycles. The van der Waals surface area contributed by atoms with E-state index >= 15 is 0 Å². The number of aromatic nitrogens is 2. The molecule has 1 unspecified atom stereocenters. The molecular formula is C15H15ClN2OS. The molecule has 0 amide bonds. The van der Waals surface area contributed by atoms with Gasteiger partial charge in [-0.25, -0.2) is 4.98 Å². The molecule has 0 radical (unpaired) electrons. The average Bonchev–Trinajstić information content (AvgIpc) is 3.12. The fourth-order valence-electron chi connectivity index (χ4n) is 2.49. The first-order valence-electron chi connectivity index (χ1n) is 6.39. The van der Waals surface area contributed by atoms with Crippen molar-refractivity contribution in [2.24, 2.45) is 0 Å². The van der Waals surface area contributed by atoms with Crippen molar-refractivity contribution in [3.63, 3.8) is 0 Å². The third kappa shape index (κ3) is 2.09. The van der Waals surface area contributed by atoms with Gasteiger partial charge in [-0.05, 0) is 30.5 Å². The van der Waals surface area contributed by atoms with Gasteiger partial charge in [0.1, 0.15) is 17.1 Å². The zero-order valence-corrected chi connectivity index (χ0v) is 12.9. The van der Waals surface area contributed by atoms with Crippen LogP contribution in [0.5, 0.6) is 5.75 Å². The van der Waals surface area contributed by atoms with Gasteiger partial charge < -0.3 is 9.30 Å². The van der Waals surface area contributed by atoms with E-state index in [4.69, 9.17) is 16.3 Å². The average molecular weight is 307 g/mol. The van der Waals surface area contributed by atoms with E-state index in [1.807, 2.05) is 12.1 Å². The number of thiophene rings is 1. The first kappa shape index (κ1) is 13.5. The minimum Gasteiger partial charge on any atom is -0.494 e. The number of rotatable bonds is 4. The molecule has 0 saturated carbocycles. The van der Waals surface area contributed by atoms with E-state index in [1.54, 1.807) is 18.4 Å². The number of para-hydroxylation sites is 1. The summed E-state index contributed by atoms with van der Waals surface area (Å²) in [5.41, 5.74) is 1.93. The van der Waals surface area contributed by atoms with Crippen LogP contribution in [0.2, 0.25) is 0 Å². The first-order chi connectivity index (χ1) is 9.76. The molecule has 3 nitrogen and oxygen atoms in total. The van der Waals surface area contributed by atoms with Gasteiger partial charge in [0, 0.05) is 4.88 Å². The quantitative estimate of drug-likeness (QED) is 0.666. The summed E-state index contributed by atoms with van der Waals surface area (Å²) in [6.07, 6.45) is 0. The van der Waals surface area contributed by atoms with Crippen molar-refractivity contribution in [3.05, 3.63) is 46.4 Å². The highest BCUT2D eigenvalue weighted by Gasteiger charge is 2.19. The molecule has 5 heteroatoms. The predicted octanol–water partition coefficient (Wildman–Crippen LogP) is 4.45. The number of ether oxygens (including phenoxy) is 1. The number of hydrogen-bond donors (Lipinski definition) is 0. The van der Waals surface area contributed by atoms with Crippen LogP contribution in [0.15, 0.2) is 35.7 Å². The van der Waals surface area contributed by atoms with Crippen LogP contribution in [0.25, 0.3) is 11.0 Å². The maximum Gasteiger partial charge on any atom is 0.146 e. The lowest BCUT2D eigenvalue weighted by molar-refractivity contribution is 0.419. The first-order valence-corrected chi connectivity index (χ1v) is 7.81. The summed E-state index contributed by atoms with van der Waals surface area (Å²) in [4.78, 5) is 5.93. The monoisotopic (exact) mass is 306 g/mol. The standard InChI is InChI=1S/C15H15ClN2OS/c1-10(13-7-4-8-20-13)18-11-5-3-6-12(19-2)15(11)17-14(18)9-16/h3-8,10H,9H2,1-2H3. The van der Waals surface area contributed by atoms with Gasteiger partial charge in [-0.3, -0.25) is 0 Å². The van der Waals surface area contributed by atoms with Crippen LogP contribution >= 0.6 is 22.9 Å². The molecule has 3 aromatic rings. The minimum absolute atomic E-state index is 0.209. The lowest BCUT2D eigenvalue weighted by Gasteiger charge is -2.15. The summed E-state index contributed by atoms with van der Waals surface area (Å²) in [7, 11) is 1.66. The van der Waals surface area contributed by atoms with E-state index in [-0.39, 0.29) is 6.04 Å². The van der Waals surface area contributed by atoms with Crippen molar-refractivity contribution in [1.29, 1.82) is 0 Å². The predicted molar refractivity (Wildman–Crippen MR) is 84.0 cm³/mol. The summed E-state index contributed by atoms with van der Waals surface area (Å²) < 4.78 is 7.59. The molecule has 0 saturated heterocycles. The molecule has 0 fully saturated rings. The molecule has 1 atom stereocenters. The van der Waals surface area contributed by atoms with Crippen LogP contribution in [0.4, 0.5) is 0 Å². The number of imidazole rings is 1. The van der Waals surface area contributed by atoms with Crippen LogP contribution in [0.3, 0.4) is 0 Å². The fraction of sp³-hybridized carbons (Fsp3) is 0.267. The Bertz CT molecular complexity index is 721. The van der Waals surface area contributed by atoms with Gasteiger partial charge in [0.05, 0.1) is 24.5 Å². The highest BCUT2D eigenvalue weighted by atomic mass is 35.5. The molecule has 0 spiro atoms. The molecule has 20 heavy (non-hydrogen) atoms. The van der Waals surface area contributed by atoms with Gasteiger partial charge in [-0.15, -0.1) is 22.9 Å². The maximum absolute atomic E-state index is 6.08. The number of alkyl halides is 1. The Hall–Kier alpha value is -1.52. The number of benzene rings is 1. The Morgan fingerprint density at radius 3 is 2.85 bits per heavy atom. The summed E-state index contributed by atoms with van der Waals surface area (Å²) in [6, 6.07) is 10.4. The number of nitrogens with zero attached hydrogens (tertiary/aromatic N) is 2. The molecule has 0 aliphatic rings. The minimum atomic E-state index is 0.209. The van der Waals surface area contributed by atoms with E-state index in [0.717, 1.165) is 22.6 Å². The zero-order chi connectivity index (χ0) is 14.1. The second-order valence-corrected chi connectivity index (χ2v) is 5.80. The zero-order valence-electron chi connectivity index (χ0n) is 11.3. The van der Waals surface area contributed by atoms with E-state index in [1.165, 1.54) is 4.88 Å². The summed E-state index contributed by atoms with van der Waals surface area (Å²) in [6.45, 7) is 2.17. The maximum atomic E-state index is 6.08. The van der Waals surface area contributed by atoms with Crippen molar-refractivity contribution >= 4 is 34.0 Å². The van der Waals surface area contributed by atoms with E-state index in [2.05, 4.69) is 40.1 Å². The Balaban J connectivity index is 2.23. The Labute approximate surface area is 126 Å². The third-order valence-corrected chi connectivity index (χ3v) is 4.72. The van der Waals surface area contributed by atoms with Gasteiger partial charge in [0.25, 0.3) is 0 Å². The summed E-state index contributed by atoms with van der Waals surface area (Å²) in [5, 5.41) is 2.09. The Morgan fingerprint density at radius 2 is 2.20 bits per heavy atom. The largest absolute Gasteiger partial charge is 0.494 e. The number of fused-ring (bicyclic) bond motifs is 1. The smallest absolute Gasteiger partial charge is 0.146 e. The molecule has 2 aromatic heterocycles. The highest BCUT2D eigenvalue weighted by molar-refractivity contribution is 7.10. The Kier molecular flexibility index (Phi) is 3.68. The van der Waals surface area contributed by atoms with E-state index in [0.29, 0.717) is 5.88 Å². The van der Waals surface area contributed by atoms with E-state index in [9.17, 15) is 0 Å². The lowest BCUT2D eigenvalue weighted by atomic mass is 10.2. The number of halogens is 1.